The largest absolute Gasteiger partial charge is 2.00 e. The van der Waals surface area contributed by atoms with Crippen molar-refractivity contribution in [1.82, 2.24) is 19.3 Å². The summed E-state index contributed by atoms with van der Waals surface area (Å²) in [7, 11) is 0. The van der Waals surface area contributed by atoms with Crippen LogP contribution in [-0.2, 0) is 31.9 Å². The molecule has 0 aliphatic carbocycles. The normalized spacial score (nSPS) is 13.3. The van der Waals surface area contributed by atoms with E-state index >= 15 is 0 Å². The molecule has 0 amide bonds. The van der Waals surface area contributed by atoms with E-state index in [1.54, 1.807) is 0 Å². The Kier molecular flexibility index (Phi) is 10.3. The summed E-state index contributed by atoms with van der Waals surface area (Å²) in [5.41, 5.74) is 21.4. The molecular formula is C57H53N5Pt. The van der Waals surface area contributed by atoms with E-state index < -0.39 is 0 Å². The van der Waals surface area contributed by atoms with Gasteiger partial charge in [-0.3, -0.25) is 4.68 Å². The summed E-state index contributed by atoms with van der Waals surface area (Å²) in [4.78, 5) is 7.34. The second-order valence-electron chi connectivity index (χ2n) is 19.1. The second-order valence-corrected chi connectivity index (χ2v) is 19.1. The summed E-state index contributed by atoms with van der Waals surface area (Å²) < 4.78 is 4.41. The molecule has 0 saturated carbocycles. The number of hydrogen-bond donors (Lipinski definition) is 0. The van der Waals surface area contributed by atoms with Crippen LogP contribution < -0.4 is 4.90 Å². The van der Waals surface area contributed by atoms with E-state index in [2.05, 4.69) is 218 Å². The molecule has 9 aromatic rings. The fraction of sp³-hybridized carbons (Fsp3) is 0.228. The van der Waals surface area contributed by atoms with Crippen molar-refractivity contribution in [2.45, 2.75) is 87.0 Å². The molecule has 0 fully saturated rings. The van der Waals surface area contributed by atoms with Crippen molar-refractivity contribution in [1.29, 1.82) is 0 Å². The van der Waals surface area contributed by atoms with Gasteiger partial charge in [0.15, 0.2) is 0 Å². The zero-order valence-corrected chi connectivity index (χ0v) is 40.4. The molecule has 0 bridgehead atoms. The number of para-hydroxylation sites is 2. The van der Waals surface area contributed by atoms with Crippen LogP contribution >= 0.6 is 0 Å². The van der Waals surface area contributed by atoms with Gasteiger partial charge < -0.3 is 9.47 Å². The zero-order chi connectivity index (χ0) is 43.4. The zero-order valence-electron chi connectivity index (χ0n) is 38.1. The van der Waals surface area contributed by atoms with Crippen LogP contribution in [0.4, 0.5) is 17.1 Å². The molecule has 0 atom stereocenters. The summed E-state index contributed by atoms with van der Waals surface area (Å²) in [5.74, 6) is 0.884. The van der Waals surface area contributed by atoms with Crippen LogP contribution in [0.25, 0.3) is 55.7 Å². The molecule has 6 aromatic carbocycles. The molecule has 0 N–H and O–H groups in total. The topological polar surface area (TPSA) is 38.9 Å². The minimum atomic E-state index is -0.299. The third kappa shape index (κ3) is 6.79. The molecule has 316 valence electrons. The molecule has 0 saturated heterocycles. The third-order valence-electron chi connectivity index (χ3n) is 13.1. The van der Waals surface area contributed by atoms with Gasteiger partial charge in [-0.25, -0.2) is 4.98 Å². The Bertz CT molecular complexity index is 3240. The molecule has 0 spiro atoms. The van der Waals surface area contributed by atoms with E-state index in [0.29, 0.717) is 0 Å². The van der Waals surface area contributed by atoms with Crippen LogP contribution in [0.15, 0.2) is 122 Å². The number of nitrogens with zero attached hydrogens (tertiary/aromatic N) is 5. The number of rotatable bonds is 5. The van der Waals surface area contributed by atoms with Crippen LogP contribution in [0.2, 0.25) is 0 Å². The number of pyridine rings is 1. The fourth-order valence-electron chi connectivity index (χ4n) is 10.4. The molecule has 3 aromatic heterocycles. The van der Waals surface area contributed by atoms with Crippen molar-refractivity contribution in [2.75, 3.05) is 4.90 Å². The fourth-order valence-corrected chi connectivity index (χ4v) is 10.4. The predicted octanol–water partition coefficient (Wildman–Crippen LogP) is 14.6. The van der Waals surface area contributed by atoms with Crippen molar-refractivity contribution in [3.63, 3.8) is 0 Å². The summed E-state index contributed by atoms with van der Waals surface area (Å²) >= 11 is 0. The summed E-state index contributed by atoms with van der Waals surface area (Å²) in [6.07, 6.45) is 4.00. The first-order valence-corrected chi connectivity index (χ1v) is 21.8. The molecule has 10 rings (SSSR count). The predicted molar refractivity (Wildman–Crippen MR) is 258 cm³/mol. The summed E-state index contributed by atoms with van der Waals surface area (Å²) in [6, 6.07) is 47.9. The van der Waals surface area contributed by atoms with Crippen molar-refractivity contribution >= 4 is 38.9 Å². The van der Waals surface area contributed by atoms with E-state index in [0.717, 1.165) is 56.2 Å². The van der Waals surface area contributed by atoms with Gasteiger partial charge in [0, 0.05) is 28.5 Å². The SMILES string of the molecule is Cc1cc(C)c(-c2cnn(-c3[c-]c4c(cc3)C(C)(C)c3ccccc3N4c3[c-]c4c(cc3)c3ccccc3n4-c3cc(C(C)(C)C)ccn3)c2-c2c(C)cc(C)cc2C)c(C)c1.[Pt+2]. The second kappa shape index (κ2) is 15.3. The maximum absolute atomic E-state index is 5.26. The van der Waals surface area contributed by atoms with Crippen molar-refractivity contribution in [2.24, 2.45) is 0 Å². The molecule has 5 nitrogen and oxygen atoms in total. The average Bonchev–Trinajstić information content (AvgIpc) is 3.79. The average molecular weight is 1000 g/mol. The van der Waals surface area contributed by atoms with Crippen molar-refractivity contribution in [3.8, 4) is 33.9 Å². The van der Waals surface area contributed by atoms with E-state index in [-0.39, 0.29) is 31.9 Å². The molecule has 0 unspecified atom stereocenters. The Morgan fingerprint density at radius 2 is 1.25 bits per heavy atom. The molecular weight excluding hydrogens is 950 g/mol. The van der Waals surface area contributed by atoms with Gasteiger partial charge in [-0.1, -0.05) is 123 Å². The van der Waals surface area contributed by atoms with Gasteiger partial charge in [0.1, 0.15) is 5.82 Å². The van der Waals surface area contributed by atoms with E-state index in [9.17, 15) is 0 Å². The van der Waals surface area contributed by atoms with Gasteiger partial charge >= 0.3 is 21.1 Å². The molecule has 1 aliphatic heterocycles. The van der Waals surface area contributed by atoms with E-state index in [1.165, 1.54) is 66.6 Å². The number of fused-ring (bicyclic) bond motifs is 5. The van der Waals surface area contributed by atoms with Crippen LogP contribution in [-0.4, -0.2) is 19.3 Å². The van der Waals surface area contributed by atoms with Crippen LogP contribution in [0.3, 0.4) is 0 Å². The van der Waals surface area contributed by atoms with E-state index in [1.807, 2.05) is 6.20 Å². The minimum Gasteiger partial charge on any atom is -0.358 e. The monoisotopic (exact) mass is 1000 g/mol. The number of aryl methyl sites for hydroxylation is 6. The van der Waals surface area contributed by atoms with Crippen molar-refractivity contribution < 1.29 is 21.1 Å². The molecule has 4 heterocycles. The smallest absolute Gasteiger partial charge is 0.358 e. The van der Waals surface area contributed by atoms with Crippen LogP contribution in [0.1, 0.15) is 84.7 Å². The Hall–Kier alpha value is -6.03. The standard InChI is InChI=1S/C57H53N5.Pt/c1-34-26-36(3)53(37(4)27-34)45-33-59-62(55(45)54-38(5)28-35(2)29-39(54)6)42-21-23-47-51(32-42)60(49-19-15-13-17-46(49)57(47,10)11)41-20-22-44-43-16-12-14-18-48(43)61(50(44)31-41)52-30-40(24-25-58-52)56(7,8)9;/h12-30,33H,1-11H3;/q-2;+2. The number of anilines is 3. The van der Waals surface area contributed by atoms with Gasteiger partial charge in [-0.2, -0.15) is 17.2 Å². The Morgan fingerprint density at radius 1 is 0.619 bits per heavy atom. The van der Waals surface area contributed by atoms with Gasteiger partial charge in [0.25, 0.3) is 0 Å². The maximum atomic E-state index is 5.26. The minimum absolute atomic E-state index is 0. The van der Waals surface area contributed by atoms with Crippen molar-refractivity contribution in [3.05, 3.63) is 184 Å². The molecule has 0 radical (unpaired) electrons. The first-order valence-electron chi connectivity index (χ1n) is 21.8. The van der Waals surface area contributed by atoms with Crippen LogP contribution in [0, 0.1) is 53.7 Å². The van der Waals surface area contributed by atoms with Gasteiger partial charge in [-0.05, 0) is 127 Å². The Morgan fingerprint density at radius 3 is 1.95 bits per heavy atom. The number of benzene rings is 6. The third-order valence-corrected chi connectivity index (χ3v) is 13.1. The first-order chi connectivity index (χ1) is 29.6. The van der Waals surface area contributed by atoms with Gasteiger partial charge in [-0.15, -0.1) is 35.2 Å². The molecule has 6 heteroatoms. The maximum Gasteiger partial charge on any atom is 2.00 e. The van der Waals surface area contributed by atoms with Gasteiger partial charge in [0.05, 0.1) is 11.9 Å². The number of aromatic nitrogens is 4. The molecule has 63 heavy (non-hydrogen) atoms. The summed E-state index contributed by atoms with van der Waals surface area (Å²) in [6.45, 7) is 24.6. The first kappa shape index (κ1) is 42.3. The van der Waals surface area contributed by atoms with E-state index in [4.69, 9.17) is 10.1 Å². The Balaban J connectivity index is 0.00000504. The van der Waals surface area contributed by atoms with Gasteiger partial charge in [0.2, 0.25) is 0 Å². The van der Waals surface area contributed by atoms with Crippen LogP contribution in [0.5, 0.6) is 0 Å². The molecule has 1 aliphatic rings. The quantitative estimate of drug-likeness (QED) is 0.161. The Labute approximate surface area is 386 Å². The summed E-state index contributed by atoms with van der Waals surface area (Å²) in [5, 5.41) is 7.57. The number of hydrogen-bond acceptors (Lipinski definition) is 3.